The normalized spacial score (nSPS) is 21.5. The number of likely N-dealkylation sites (tertiary alicyclic amines) is 1. The zero-order chi connectivity index (χ0) is 22.0. The minimum Gasteiger partial charge on any atom is -0.397 e. The Bertz CT molecular complexity index is 904. The summed E-state index contributed by atoms with van der Waals surface area (Å²) < 4.78 is 14.2. The van der Waals surface area contributed by atoms with Crippen molar-refractivity contribution in [2.75, 3.05) is 43.4 Å². The SMILES string of the molecule is CCC1CN(c2ncc(N)cc2Cl)CCN1C1CCN(Cc2ccc(Cl)cc2F)CC1. The van der Waals surface area contributed by atoms with E-state index in [4.69, 9.17) is 28.9 Å². The minimum atomic E-state index is -0.216. The van der Waals surface area contributed by atoms with Crippen LogP contribution in [0.5, 0.6) is 0 Å². The summed E-state index contributed by atoms with van der Waals surface area (Å²) in [6.45, 7) is 7.67. The molecule has 2 aliphatic rings. The number of aromatic nitrogens is 1. The van der Waals surface area contributed by atoms with E-state index in [0.717, 1.165) is 63.4 Å². The summed E-state index contributed by atoms with van der Waals surface area (Å²) in [6, 6.07) is 7.77. The van der Waals surface area contributed by atoms with Gasteiger partial charge in [-0.05, 0) is 50.6 Å². The first-order valence-electron chi connectivity index (χ1n) is 11.0. The molecule has 2 N–H and O–H groups in total. The molecule has 31 heavy (non-hydrogen) atoms. The second kappa shape index (κ2) is 9.90. The van der Waals surface area contributed by atoms with Gasteiger partial charge in [-0.3, -0.25) is 9.80 Å². The minimum absolute atomic E-state index is 0.216. The van der Waals surface area contributed by atoms with E-state index in [-0.39, 0.29) is 5.82 Å². The standard InChI is InChI=1S/C23H30Cl2FN5/c1-2-19-15-30(23-21(25)12-18(27)13-28-23)9-10-31(19)20-5-7-29(8-6-20)14-16-3-4-17(24)11-22(16)26/h3-4,11-13,19-20H,2,5-10,14-15,27H2,1H3. The summed E-state index contributed by atoms with van der Waals surface area (Å²) in [7, 11) is 0. The number of piperazine rings is 1. The summed E-state index contributed by atoms with van der Waals surface area (Å²) in [5.74, 6) is 0.612. The van der Waals surface area contributed by atoms with Crippen LogP contribution in [0.4, 0.5) is 15.9 Å². The number of benzene rings is 1. The number of piperidine rings is 1. The molecule has 1 aromatic heterocycles. The number of halogens is 3. The van der Waals surface area contributed by atoms with Crippen LogP contribution in [-0.2, 0) is 6.54 Å². The van der Waals surface area contributed by atoms with Gasteiger partial charge in [0.05, 0.1) is 16.9 Å². The molecule has 0 bridgehead atoms. The van der Waals surface area contributed by atoms with Gasteiger partial charge in [0.15, 0.2) is 0 Å². The lowest BCUT2D eigenvalue weighted by Crippen LogP contribution is -2.58. The fourth-order valence-corrected chi connectivity index (χ4v) is 5.34. The molecule has 0 radical (unpaired) electrons. The van der Waals surface area contributed by atoms with Crippen molar-refractivity contribution in [1.82, 2.24) is 14.8 Å². The number of pyridine rings is 1. The first-order valence-corrected chi connectivity index (χ1v) is 11.8. The lowest BCUT2D eigenvalue weighted by molar-refractivity contribution is 0.0607. The zero-order valence-electron chi connectivity index (χ0n) is 17.9. The van der Waals surface area contributed by atoms with Gasteiger partial charge in [-0.15, -0.1) is 0 Å². The Morgan fingerprint density at radius 1 is 1.13 bits per heavy atom. The van der Waals surface area contributed by atoms with E-state index in [1.165, 1.54) is 6.07 Å². The van der Waals surface area contributed by atoms with Gasteiger partial charge in [-0.1, -0.05) is 36.2 Å². The number of anilines is 2. The van der Waals surface area contributed by atoms with Gasteiger partial charge in [-0.2, -0.15) is 0 Å². The molecule has 2 aliphatic heterocycles. The number of nitrogens with two attached hydrogens (primary N) is 1. The van der Waals surface area contributed by atoms with E-state index >= 15 is 0 Å². The molecule has 5 nitrogen and oxygen atoms in total. The van der Waals surface area contributed by atoms with E-state index in [0.29, 0.717) is 34.4 Å². The van der Waals surface area contributed by atoms with Crippen LogP contribution in [0, 0.1) is 5.82 Å². The molecule has 1 aromatic carbocycles. The summed E-state index contributed by atoms with van der Waals surface area (Å²) in [5.41, 5.74) is 7.11. The Labute approximate surface area is 193 Å². The van der Waals surface area contributed by atoms with Gasteiger partial charge < -0.3 is 10.6 Å². The summed E-state index contributed by atoms with van der Waals surface area (Å²) in [6.07, 6.45) is 4.96. The van der Waals surface area contributed by atoms with Gasteiger partial charge in [0.1, 0.15) is 11.6 Å². The maximum absolute atomic E-state index is 14.2. The Balaban J connectivity index is 1.34. The third-order valence-corrected chi connectivity index (χ3v) is 7.09. The molecule has 0 saturated carbocycles. The van der Waals surface area contributed by atoms with Gasteiger partial charge in [-0.25, -0.2) is 9.37 Å². The molecule has 0 aliphatic carbocycles. The second-order valence-electron chi connectivity index (χ2n) is 8.56. The van der Waals surface area contributed by atoms with Crippen LogP contribution in [0.2, 0.25) is 10.0 Å². The van der Waals surface area contributed by atoms with Crippen molar-refractivity contribution in [2.45, 2.75) is 44.8 Å². The molecular weight excluding hydrogens is 436 g/mol. The van der Waals surface area contributed by atoms with E-state index < -0.39 is 0 Å². The zero-order valence-corrected chi connectivity index (χ0v) is 19.4. The largest absolute Gasteiger partial charge is 0.397 e. The first-order chi connectivity index (χ1) is 14.9. The Kier molecular flexibility index (Phi) is 7.22. The van der Waals surface area contributed by atoms with Crippen LogP contribution in [0.1, 0.15) is 31.7 Å². The quantitative estimate of drug-likeness (QED) is 0.694. The van der Waals surface area contributed by atoms with Crippen LogP contribution in [-0.4, -0.2) is 59.6 Å². The Hall–Kier alpha value is -1.60. The average molecular weight is 466 g/mol. The van der Waals surface area contributed by atoms with Crippen LogP contribution in [0.3, 0.4) is 0 Å². The molecule has 8 heteroatoms. The lowest BCUT2D eigenvalue weighted by Gasteiger charge is -2.47. The number of hydrogen-bond donors (Lipinski definition) is 1. The number of nitrogen functional groups attached to an aromatic ring is 1. The Morgan fingerprint density at radius 2 is 1.90 bits per heavy atom. The van der Waals surface area contributed by atoms with Crippen molar-refractivity contribution >= 4 is 34.7 Å². The maximum atomic E-state index is 14.2. The predicted octanol–water partition coefficient (Wildman–Crippen LogP) is 4.67. The van der Waals surface area contributed by atoms with E-state index in [1.807, 2.05) is 0 Å². The second-order valence-corrected chi connectivity index (χ2v) is 9.41. The summed E-state index contributed by atoms with van der Waals surface area (Å²) >= 11 is 12.3. The van der Waals surface area contributed by atoms with Crippen molar-refractivity contribution in [3.63, 3.8) is 0 Å². The molecule has 3 heterocycles. The molecule has 2 aromatic rings. The van der Waals surface area contributed by atoms with Crippen molar-refractivity contribution in [2.24, 2.45) is 0 Å². The molecule has 0 amide bonds. The van der Waals surface area contributed by atoms with Gasteiger partial charge in [0, 0.05) is 48.8 Å². The fourth-order valence-electron chi connectivity index (χ4n) is 4.88. The highest BCUT2D eigenvalue weighted by molar-refractivity contribution is 6.33. The third-order valence-electron chi connectivity index (χ3n) is 6.58. The monoisotopic (exact) mass is 465 g/mol. The molecule has 1 atom stereocenters. The lowest BCUT2D eigenvalue weighted by atomic mass is 9.97. The first kappa shape index (κ1) is 22.6. The molecule has 4 rings (SSSR count). The highest BCUT2D eigenvalue weighted by atomic mass is 35.5. The predicted molar refractivity (Wildman–Crippen MR) is 126 cm³/mol. The third kappa shape index (κ3) is 5.25. The fraction of sp³-hybridized carbons (Fsp3) is 0.522. The number of rotatable bonds is 5. The maximum Gasteiger partial charge on any atom is 0.147 e. The average Bonchev–Trinajstić information content (AvgIpc) is 2.76. The highest BCUT2D eigenvalue weighted by Crippen LogP contribution is 2.30. The molecule has 2 fully saturated rings. The van der Waals surface area contributed by atoms with Crippen molar-refractivity contribution in [3.8, 4) is 0 Å². The highest BCUT2D eigenvalue weighted by Gasteiger charge is 2.34. The molecule has 0 spiro atoms. The van der Waals surface area contributed by atoms with E-state index in [1.54, 1.807) is 24.4 Å². The van der Waals surface area contributed by atoms with E-state index in [9.17, 15) is 4.39 Å². The topological polar surface area (TPSA) is 48.6 Å². The van der Waals surface area contributed by atoms with Crippen molar-refractivity contribution in [3.05, 3.63) is 51.9 Å². The summed E-state index contributed by atoms with van der Waals surface area (Å²) in [5, 5.41) is 1.06. The van der Waals surface area contributed by atoms with Crippen LogP contribution in [0.15, 0.2) is 30.5 Å². The summed E-state index contributed by atoms with van der Waals surface area (Å²) in [4.78, 5) is 11.8. The smallest absolute Gasteiger partial charge is 0.147 e. The van der Waals surface area contributed by atoms with Crippen LogP contribution >= 0.6 is 23.2 Å². The van der Waals surface area contributed by atoms with Gasteiger partial charge >= 0.3 is 0 Å². The van der Waals surface area contributed by atoms with E-state index in [2.05, 4.69) is 26.6 Å². The van der Waals surface area contributed by atoms with Crippen LogP contribution < -0.4 is 10.6 Å². The van der Waals surface area contributed by atoms with Crippen molar-refractivity contribution in [1.29, 1.82) is 0 Å². The van der Waals surface area contributed by atoms with Crippen molar-refractivity contribution < 1.29 is 4.39 Å². The Morgan fingerprint density at radius 3 is 2.58 bits per heavy atom. The molecule has 1 unspecified atom stereocenters. The molecular formula is C23H30Cl2FN5. The molecule has 168 valence electrons. The van der Waals surface area contributed by atoms with Gasteiger partial charge in [0.2, 0.25) is 0 Å². The number of hydrogen-bond acceptors (Lipinski definition) is 5. The van der Waals surface area contributed by atoms with Crippen LogP contribution in [0.25, 0.3) is 0 Å². The molecule has 2 saturated heterocycles. The number of nitrogens with zero attached hydrogens (tertiary/aromatic N) is 4. The van der Waals surface area contributed by atoms with Gasteiger partial charge in [0.25, 0.3) is 0 Å².